The zero-order chi connectivity index (χ0) is 25.6. The number of halogens is 3. The summed E-state index contributed by atoms with van der Waals surface area (Å²) in [5, 5.41) is 14.6. The Bertz CT molecular complexity index is 1030. The molecule has 2 aliphatic heterocycles. The minimum atomic E-state index is -3.31. The van der Waals surface area contributed by atoms with Crippen molar-refractivity contribution in [3.63, 3.8) is 0 Å². The Kier molecular flexibility index (Phi) is 6.39. The van der Waals surface area contributed by atoms with E-state index in [4.69, 9.17) is 0 Å². The Morgan fingerprint density at radius 2 is 1.75 bits per heavy atom. The minimum absolute atomic E-state index is 0.106. The van der Waals surface area contributed by atoms with Crippen LogP contribution in [0.25, 0.3) is 0 Å². The highest BCUT2D eigenvalue weighted by atomic mass is 19.3. The zero-order valence-electron chi connectivity index (χ0n) is 20.2. The molecular formula is C26H32F3N5O2. The third-order valence-corrected chi connectivity index (χ3v) is 8.22. The van der Waals surface area contributed by atoms with Crippen LogP contribution >= 0.6 is 0 Å². The molecule has 5 rings (SSSR count). The van der Waals surface area contributed by atoms with Gasteiger partial charge in [0.1, 0.15) is 17.4 Å². The number of carbonyl (C=O) groups is 2. The monoisotopic (exact) mass is 503 g/mol. The number of likely N-dealkylation sites (tertiary alicyclic amines) is 2. The fraction of sp³-hybridized carbons (Fsp3) is 0.654. The summed E-state index contributed by atoms with van der Waals surface area (Å²) in [6.07, 6.45) is 4.58. The second-order valence-electron chi connectivity index (χ2n) is 11.1. The predicted octanol–water partition coefficient (Wildman–Crippen LogP) is 3.51. The highest BCUT2D eigenvalue weighted by molar-refractivity contribution is 5.88. The predicted molar refractivity (Wildman–Crippen MR) is 125 cm³/mol. The van der Waals surface area contributed by atoms with Gasteiger partial charge in [-0.2, -0.15) is 5.26 Å². The van der Waals surface area contributed by atoms with Crippen molar-refractivity contribution in [2.75, 3.05) is 26.2 Å². The van der Waals surface area contributed by atoms with Crippen LogP contribution in [0.2, 0.25) is 0 Å². The average molecular weight is 504 g/mol. The number of hydrogen-bond acceptors (Lipinski definition) is 4. The first-order chi connectivity index (χ1) is 17.1. The van der Waals surface area contributed by atoms with Crippen molar-refractivity contribution in [3.05, 3.63) is 35.6 Å². The van der Waals surface area contributed by atoms with Gasteiger partial charge in [-0.25, -0.2) is 18.0 Å². The van der Waals surface area contributed by atoms with E-state index in [2.05, 4.69) is 21.6 Å². The lowest BCUT2D eigenvalue weighted by molar-refractivity contribution is -0.124. The topological polar surface area (TPSA) is 88.5 Å². The van der Waals surface area contributed by atoms with E-state index < -0.39 is 41.7 Å². The maximum atomic E-state index is 14.8. The SMILES string of the molecule is N#CC1(NC(=O)[C@H](CCC(F)(F)c2ccc(F)cc2)NC(=O)N2CC3(CCN(C4CC4)CC3)C2)CC1. The summed E-state index contributed by atoms with van der Waals surface area (Å²) in [4.78, 5) is 30.1. The second-order valence-corrected chi connectivity index (χ2v) is 11.1. The lowest BCUT2D eigenvalue weighted by atomic mass is 9.72. The van der Waals surface area contributed by atoms with Crippen LogP contribution in [0.4, 0.5) is 18.0 Å². The number of alkyl halides is 2. The molecule has 194 valence electrons. The summed E-state index contributed by atoms with van der Waals surface area (Å²) in [6, 6.07) is 5.10. The molecule has 2 saturated heterocycles. The number of nitriles is 1. The summed E-state index contributed by atoms with van der Waals surface area (Å²) in [5.74, 6) is -4.55. The Labute approximate surface area is 209 Å². The van der Waals surface area contributed by atoms with Gasteiger partial charge in [0.15, 0.2) is 0 Å². The van der Waals surface area contributed by atoms with Crippen molar-refractivity contribution in [2.45, 2.75) is 74.9 Å². The van der Waals surface area contributed by atoms with E-state index in [9.17, 15) is 28.0 Å². The van der Waals surface area contributed by atoms with E-state index in [1.807, 2.05) is 0 Å². The molecule has 10 heteroatoms. The van der Waals surface area contributed by atoms with Gasteiger partial charge in [0.2, 0.25) is 5.91 Å². The molecule has 0 bridgehead atoms. The molecule has 1 aromatic carbocycles. The maximum absolute atomic E-state index is 14.8. The molecule has 4 fully saturated rings. The van der Waals surface area contributed by atoms with Gasteiger partial charge in [-0.05, 0) is 70.2 Å². The lowest BCUT2D eigenvalue weighted by Gasteiger charge is -2.54. The molecule has 0 radical (unpaired) electrons. The molecule has 2 aliphatic carbocycles. The molecule has 7 nitrogen and oxygen atoms in total. The van der Waals surface area contributed by atoms with Gasteiger partial charge in [-0.15, -0.1) is 0 Å². The maximum Gasteiger partial charge on any atom is 0.318 e. The molecule has 0 aromatic heterocycles. The van der Waals surface area contributed by atoms with Crippen LogP contribution in [0.5, 0.6) is 0 Å². The number of piperidine rings is 1. The van der Waals surface area contributed by atoms with E-state index in [-0.39, 0.29) is 17.4 Å². The Balaban J connectivity index is 1.19. The van der Waals surface area contributed by atoms with Crippen LogP contribution in [-0.4, -0.2) is 65.5 Å². The number of urea groups is 1. The first kappa shape index (κ1) is 24.9. The molecule has 1 spiro atoms. The minimum Gasteiger partial charge on any atom is -0.336 e. The summed E-state index contributed by atoms with van der Waals surface area (Å²) < 4.78 is 42.8. The Morgan fingerprint density at radius 3 is 2.31 bits per heavy atom. The first-order valence-corrected chi connectivity index (χ1v) is 12.8. The van der Waals surface area contributed by atoms with Gasteiger partial charge in [-0.3, -0.25) is 4.79 Å². The molecule has 3 amide bonds. The van der Waals surface area contributed by atoms with Crippen LogP contribution in [-0.2, 0) is 10.7 Å². The third-order valence-electron chi connectivity index (χ3n) is 8.22. The van der Waals surface area contributed by atoms with Crippen LogP contribution < -0.4 is 10.6 Å². The van der Waals surface area contributed by atoms with Gasteiger partial charge in [0.25, 0.3) is 5.92 Å². The van der Waals surface area contributed by atoms with E-state index in [0.29, 0.717) is 25.9 Å². The number of amides is 3. The highest BCUT2D eigenvalue weighted by Crippen LogP contribution is 2.43. The largest absolute Gasteiger partial charge is 0.336 e. The quantitative estimate of drug-likeness (QED) is 0.568. The highest BCUT2D eigenvalue weighted by Gasteiger charge is 2.49. The van der Waals surface area contributed by atoms with Gasteiger partial charge in [0.05, 0.1) is 6.07 Å². The van der Waals surface area contributed by atoms with Crippen molar-refractivity contribution in [1.82, 2.24) is 20.4 Å². The van der Waals surface area contributed by atoms with Crippen LogP contribution in [0.1, 0.15) is 56.9 Å². The standard InChI is InChI=1S/C26H32F3N5O2/c27-19-3-1-18(2-4-19)26(28,29)8-7-21(22(35)32-25(15-30)9-10-25)31-23(36)34-16-24(17-34)11-13-33(14-12-24)20-5-6-20/h1-4,20-21H,5-14,16-17H2,(H,31,36)(H,32,35)/t21-/m0/s1. The third kappa shape index (κ3) is 5.31. The molecule has 2 saturated carbocycles. The van der Waals surface area contributed by atoms with Crippen LogP contribution in [0.15, 0.2) is 24.3 Å². The van der Waals surface area contributed by atoms with Crippen molar-refractivity contribution in [2.24, 2.45) is 5.41 Å². The van der Waals surface area contributed by atoms with Gasteiger partial charge in [-0.1, -0.05) is 12.1 Å². The molecule has 1 atom stereocenters. The number of hydrogen-bond donors (Lipinski definition) is 2. The second kappa shape index (κ2) is 9.25. The van der Waals surface area contributed by atoms with E-state index in [0.717, 1.165) is 56.2 Å². The number of nitrogens with zero attached hydrogens (tertiary/aromatic N) is 3. The van der Waals surface area contributed by atoms with E-state index in [1.165, 1.54) is 12.8 Å². The molecule has 1 aromatic rings. The fourth-order valence-electron chi connectivity index (χ4n) is 5.41. The summed E-state index contributed by atoms with van der Waals surface area (Å²) in [6.45, 7) is 3.28. The van der Waals surface area contributed by atoms with Crippen molar-refractivity contribution >= 4 is 11.9 Å². The number of carbonyl (C=O) groups excluding carboxylic acids is 2. The van der Waals surface area contributed by atoms with E-state index in [1.54, 1.807) is 4.90 Å². The van der Waals surface area contributed by atoms with Crippen molar-refractivity contribution in [1.29, 1.82) is 5.26 Å². The molecule has 2 N–H and O–H groups in total. The normalized spacial score (nSPS) is 23.3. The zero-order valence-corrected chi connectivity index (χ0v) is 20.2. The van der Waals surface area contributed by atoms with Gasteiger partial charge >= 0.3 is 6.03 Å². The summed E-state index contributed by atoms with van der Waals surface area (Å²) in [5.41, 5.74) is -1.22. The molecular weight excluding hydrogens is 471 g/mol. The first-order valence-electron chi connectivity index (χ1n) is 12.8. The van der Waals surface area contributed by atoms with Gasteiger partial charge < -0.3 is 20.4 Å². The summed E-state index contributed by atoms with van der Waals surface area (Å²) >= 11 is 0. The molecule has 2 heterocycles. The average Bonchev–Trinajstić information content (AvgIpc) is 3.76. The van der Waals surface area contributed by atoms with Gasteiger partial charge in [0, 0.05) is 36.5 Å². The number of rotatable bonds is 8. The molecule has 0 unspecified atom stereocenters. The van der Waals surface area contributed by atoms with Crippen LogP contribution in [0, 0.1) is 22.6 Å². The van der Waals surface area contributed by atoms with E-state index >= 15 is 0 Å². The summed E-state index contributed by atoms with van der Waals surface area (Å²) in [7, 11) is 0. The smallest absolute Gasteiger partial charge is 0.318 e. The lowest BCUT2D eigenvalue weighted by Crippen LogP contribution is -2.65. The van der Waals surface area contributed by atoms with Crippen molar-refractivity contribution < 1.29 is 22.8 Å². The fourth-order valence-corrected chi connectivity index (χ4v) is 5.41. The molecule has 4 aliphatic rings. The molecule has 36 heavy (non-hydrogen) atoms. The van der Waals surface area contributed by atoms with Crippen molar-refractivity contribution in [3.8, 4) is 6.07 Å². The Morgan fingerprint density at radius 1 is 1.11 bits per heavy atom. The Hall–Kier alpha value is -2.80. The number of benzene rings is 1. The number of nitrogens with one attached hydrogen (secondary N) is 2. The van der Waals surface area contributed by atoms with Crippen LogP contribution in [0.3, 0.4) is 0 Å².